The van der Waals surface area contributed by atoms with Crippen molar-refractivity contribution in [3.8, 4) is 11.5 Å². The van der Waals surface area contributed by atoms with Gasteiger partial charge in [0.15, 0.2) is 11.5 Å². The van der Waals surface area contributed by atoms with Crippen LogP contribution in [0.15, 0.2) is 30.9 Å². The van der Waals surface area contributed by atoms with Gasteiger partial charge >= 0.3 is 0 Å². The molecule has 0 aromatic heterocycles. The molecule has 1 heterocycles. The first-order chi connectivity index (χ1) is 10.3. The van der Waals surface area contributed by atoms with Gasteiger partial charge in [0, 0.05) is 19.0 Å². The lowest BCUT2D eigenvalue weighted by Crippen LogP contribution is -2.23. The molecule has 4 heteroatoms. The Bertz CT molecular complexity index is 448. The van der Waals surface area contributed by atoms with Crippen LogP contribution >= 0.6 is 0 Å². The number of hydrogen-bond acceptors (Lipinski definition) is 4. The van der Waals surface area contributed by atoms with E-state index in [4.69, 9.17) is 14.2 Å². The third-order valence-electron chi connectivity index (χ3n) is 3.43. The maximum Gasteiger partial charge on any atom is 0.161 e. The molecular formula is C17H25NO3. The minimum absolute atomic E-state index is 0.255. The molecule has 1 aliphatic heterocycles. The van der Waals surface area contributed by atoms with Gasteiger partial charge in [-0.05, 0) is 31.0 Å². The van der Waals surface area contributed by atoms with Crippen molar-refractivity contribution in [1.82, 2.24) is 5.32 Å². The second-order valence-corrected chi connectivity index (χ2v) is 5.12. The molecule has 1 aromatic carbocycles. The number of hydrogen-bond donors (Lipinski definition) is 1. The van der Waals surface area contributed by atoms with E-state index in [0.29, 0.717) is 6.61 Å². The summed E-state index contributed by atoms with van der Waals surface area (Å²) in [6.07, 6.45) is 3.70. The summed E-state index contributed by atoms with van der Waals surface area (Å²) in [5.74, 6) is 1.69. The van der Waals surface area contributed by atoms with Crippen LogP contribution in [0.3, 0.4) is 0 Å². The lowest BCUT2D eigenvalue weighted by Gasteiger charge is -2.16. The van der Waals surface area contributed by atoms with Gasteiger partial charge in [-0.3, -0.25) is 0 Å². The summed E-state index contributed by atoms with van der Waals surface area (Å²) in [4.78, 5) is 0. The van der Waals surface area contributed by atoms with Crippen LogP contribution in [0, 0.1) is 0 Å². The zero-order valence-corrected chi connectivity index (χ0v) is 12.8. The summed E-state index contributed by atoms with van der Waals surface area (Å²) in [5, 5.41) is 3.45. The molecule has 0 radical (unpaired) electrons. The highest BCUT2D eigenvalue weighted by Gasteiger charge is 2.13. The lowest BCUT2D eigenvalue weighted by molar-refractivity contribution is 0.138. The fourth-order valence-electron chi connectivity index (χ4n) is 2.18. The first-order valence-electron chi connectivity index (χ1n) is 7.63. The Hall–Kier alpha value is -1.52. The van der Waals surface area contributed by atoms with Gasteiger partial charge in [-0.1, -0.05) is 12.1 Å². The summed E-state index contributed by atoms with van der Waals surface area (Å²) < 4.78 is 16.9. The fourth-order valence-corrected chi connectivity index (χ4v) is 2.18. The quantitative estimate of drug-likeness (QED) is 0.590. The summed E-state index contributed by atoms with van der Waals surface area (Å²) in [6.45, 7) is 9.53. The Balaban J connectivity index is 1.80. The molecule has 0 fully saturated rings. The molecule has 1 atom stereocenters. The molecule has 0 amide bonds. The van der Waals surface area contributed by atoms with Crippen LogP contribution in [-0.4, -0.2) is 33.0 Å². The maximum atomic E-state index is 5.72. The molecule has 4 nitrogen and oxygen atoms in total. The van der Waals surface area contributed by atoms with Gasteiger partial charge in [0.1, 0.15) is 0 Å². The SMILES string of the molecule is C=CCCOCCNC(C)c1ccc2c(c1)OCCCO2. The fraction of sp³-hybridized carbons (Fsp3) is 0.529. The second kappa shape index (κ2) is 8.70. The van der Waals surface area contributed by atoms with Crippen LogP contribution in [0.25, 0.3) is 0 Å². The molecular weight excluding hydrogens is 266 g/mol. The number of rotatable bonds is 8. The second-order valence-electron chi connectivity index (χ2n) is 5.12. The Kier molecular flexibility index (Phi) is 6.57. The van der Waals surface area contributed by atoms with Crippen LogP contribution < -0.4 is 14.8 Å². The van der Waals surface area contributed by atoms with Crippen molar-refractivity contribution in [2.24, 2.45) is 0 Å². The first kappa shape index (κ1) is 15.9. The largest absolute Gasteiger partial charge is 0.490 e. The molecule has 2 rings (SSSR count). The highest BCUT2D eigenvalue weighted by molar-refractivity contribution is 5.44. The van der Waals surface area contributed by atoms with E-state index in [1.54, 1.807) is 0 Å². The van der Waals surface area contributed by atoms with Gasteiger partial charge in [-0.25, -0.2) is 0 Å². The van der Waals surface area contributed by atoms with Crippen LogP contribution in [0.5, 0.6) is 11.5 Å². The molecule has 1 aromatic rings. The topological polar surface area (TPSA) is 39.7 Å². The third-order valence-corrected chi connectivity index (χ3v) is 3.43. The first-order valence-corrected chi connectivity index (χ1v) is 7.63. The lowest BCUT2D eigenvalue weighted by atomic mass is 10.1. The van der Waals surface area contributed by atoms with Crippen molar-refractivity contribution in [2.75, 3.05) is 33.0 Å². The predicted octanol–water partition coefficient (Wildman–Crippen LogP) is 3.09. The van der Waals surface area contributed by atoms with Crippen molar-refractivity contribution in [3.63, 3.8) is 0 Å². The van der Waals surface area contributed by atoms with E-state index in [-0.39, 0.29) is 6.04 Å². The van der Waals surface area contributed by atoms with Crippen molar-refractivity contribution in [1.29, 1.82) is 0 Å². The van der Waals surface area contributed by atoms with Crippen molar-refractivity contribution >= 4 is 0 Å². The van der Waals surface area contributed by atoms with E-state index in [1.165, 1.54) is 5.56 Å². The Labute approximate surface area is 127 Å². The third kappa shape index (κ3) is 5.06. The molecule has 0 saturated carbocycles. The molecule has 21 heavy (non-hydrogen) atoms. The zero-order chi connectivity index (χ0) is 14.9. The molecule has 0 aliphatic carbocycles. The van der Waals surface area contributed by atoms with Crippen LogP contribution in [0.2, 0.25) is 0 Å². The van der Waals surface area contributed by atoms with Crippen molar-refractivity contribution in [3.05, 3.63) is 36.4 Å². The van der Waals surface area contributed by atoms with Gasteiger partial charge in [0.05, 0.1) is 26.4 Å². The summed E-state index contributed by atoms with van der Waals surface area (Å²) >= 11 is 0. The Morgan fingerprint density at radius 3 is 2.90 bits per heavy atom. The number of nitrogens with one attached hydrogen (secondary N) is 1. The average Bonchev–Trinajstić information content (AvgIpc) is 2.75. The van der Waals surface area contributed by atoms with E-state index < -0.39 is 0 Å². The molecule has 1 unspecified atom stereocenters. The standard InChI is InChI=1S/C17H25NO3/c1-3-4-9-19-12-8-18-14(2)15-6-7-16-17(13-15)21-11-5-10-20-16/h3,6-7,13-14,18H,1,4-5,8-12H2,2H3. The van der Waals surface area contributed by atoms with Crippen LogP contribution in [-0.2, 0) is 4.74 Å². The number of fused-ring (bicyclic) bond motifs is 1. The molecule has 0 spiro atoms. The van der Waals surface area contributed by atoms with Crippen molar-refractivity contribution in [2.45, 2.75) is 25.8 Å². The smallest absolute Gasteiger partial charge is 0.161 e. The highest BCUT2D eigenvalue weighted by atomic mass is 16.5. The summed E-state index contributed by atoms with van der Waals surface area (Å²) in [6, 6.07) is 6.40. The van der Waals surface area contributed by atoms with E-state index in [2.05, 4.69) is 31.0 Å². The minimum atomic E-state index is 0.255. The van der Waals surface area contributed by atoms with E-state index in [0.717, 1.165) is 50.7 Å². The normalized spacial score (nSPS) is 15.3. The monoisotopic (exact) mass is 291 g/mol. The predicted molar refractivity (Wildman–Crippen MR) is 84.1 cm³/mol. The zero-order valence-electron chi connectivity index (χ0n) is 12.8. The van der Waals surface area contributed by atoms with Gasteiger partial charge < -0.3 is 19.5 Å². The Morgan fingerprint density at radius 2 is 2.10 bits per heavy atom. The molecule has 0 saturated heterocycles. The Morgan fingerprint density at radius 1 is 1.29 bits per heavy atom. The highest BCUT2D eigenvalue weighted by Crippen LogP contribution is 2.32. The van der Waals surface area contributed by atoms with Gasteiger partial charge in [-0.15, -0.1) is 6.58 Å². The van der Waals surface area contributed by atoms with Crippen LogP contribution in [0.4, 0.5) is 0 Å². The molecule has 0 bridgehead atoms. The minimum Gasteiger partial charge on any atom is -0.490 e. The number of ether oxygens (including phenoxy) is 3. The molecule has 116 valence electrons. The maximum absolute atomic E-state index is 5.72. The van der Waals surface area contributed by atoms with Gasteiger partial charge in [-0.2, -0.15) is 0 Å². The van der Waals surface area contributed by atoms with E-state index in [1.807, 2.05) is 12.1 Å². The van der Waals surface area contributed by atoms with E-state index in [9.17, 15) is 0 Å². The summed E-state index contributed by atoms with van der Waals surface area (Å²) in [5.41, 5.74) is 1.20. The molecule has 1 aliphatic rings. The van der Waals surface area contributed by atoms with Gasteiger partial charge in [0.25, 0.3) is 0 Å². The average molecular weight is 291 g/mol. The van der Waals surface area contributed by atoms with Gasteiger partial charge in [0.2, 0.25) is 0 Å². The van der Waals surface area contributed by atoms with E-state index >= 15 is 0 Å². The summed E-state index contributed by atoms with van der Waals surface area (Å²) in [7, 11) is 0. The molecule has 1 N–H and O–H groups in total. The number of benzene rings is 1. The van der Waals surface area contributed by atoms with Crippen LogP contribution in [0.1, 0.15) is 31.4 Å². The van der Waals surface area contributed by atoms with Crippen molar-refractivity contribution < 1.29 is 14.2 Å².